The summed E-state index contributed by atoms with van der Waals surface area (Å²) in [4.78, 5) is 11.6. The molecule has 20 heavy (non-hydrogen) atoms. The molecule has 6 nitrogen and oxygen atoms in total. The predicted octanol–water partition coefficient (Wildman–Crippen LogP) is 1.09. The average Bonchev–Trinajstić information content (AvgIpc) is 2.82. The second-order valence-electron chi connectivity index (χ2n) is 4.47. The fourth-order valence-corrected chi connectivity index (χ4v) is 1.72. The van der Waals surface area contributed by atoms with Gasteiger partial charge in [0.05, 0.1) is 19.2 Å². The molecule has 3 N–H and O–H groups in total. The van der Waals surface area contributed by atoms with Gasteiger partial charge in [-0.2, -0.15) is 5.10 Å². The summed E-state index contributed by atoms with van der Waals surface area (Å²) in [6.45, 7) is 0.799. The highest BCUT2D eigenvalue weighted by atomic mass is 16.5. The maximum absolute atomic E-state index is 11.6. The van der Waals surface area contributed by atoms with Gasteiger partial charge in [0.2, 0.25) is 5.91 Å². The number of aryl methyl sites for hydroxylation is 1. The summed E-state index contributed by atoms with van der Waals surface area (Å²) in [6.07, 6.45) is 3.89. The minimum Gasteiger partial charge on any atom is -0.493 e. The normalized spacial score (nSPS) is 10.2. The molecule has 2 rings (SSSR count). The monoisotopic (exact) mass is 274 g/mol. The average molecular weight is 274 g/mol. The van der Waals surface area contributed by atoms with E-state index in [-0.39, 0.29) is 5.91 Å². The van der Waals surface area contributed by atoms with Crippen LogP contribution in [0.1, 0.15) is 12.0 Å². The third kappa shape index (κ3) is 4.31. The van der Waals surface area contributed by atoms with E-state index < -0.39 is 0 Å². The van der Waals surface area contributed by atoms with Crippen LogP contribution in [0, 0.1) is 0 Å². The third-order valence-electron chi connectivity index (χ3n) is 2.70. The summed E-state index contributed by atoms with van der Waals surface area (Å²) >= 11 is 0. The molecule has 0 aliphatic carbocycles. The first kappa shape index (κ1) is 13.9. The van der Waals surface area contributed by atoms with Gasteiger partial charge in [-0.05, 0) is 12.1 Å². The van der Waals surface area contributed by atoms with Crippen molar-refractivity contribution in [3.63, 3.8) is 0 Å². The van der Waals surface area contributed by atoms with Gasteiger partial charge in [0, 0.05) is 37.1 Å². The molecule has 0 atom stereocenters. The number of nitrogen functional groups attached to an aromatic ring is 1. The molecule has 0 aliphatic rings. The minimum absolute atomic E-state index is 0.0576. The number of benzene rings is 1. The summed E-state index contributed by atoms with van der Waals surface area (Å²) in [5.41, 5.74) is 7.25. The third-order valence-corrected chi connectivity index (χ3v) is 2.70. The Morgan fingerprint density at radius 1 is 1.50 bits per heavy atom. The predicted molar refractivity (Wildman–Crippen MR) is 76.0 cm³/mol. The van der Waals surface area contributed by atoms with Gasteiger partial charge in [-0.25, -0.2) is 0 Å². The number of aromatic nitrogens is 2. The van der Waals surface area contributed by atoms with Crippen LogP contribution in [0.3, 0.4) is 0 Å². The van der Waals surface area contributed by atoms with E-state index in [4.69, 9.17) is 10.5 Å². The second-order valence-corrected chi connectivity index (χ2v) is 4.47. The van der Waals surface area contributed by atoms with Crippen molar-refractivity contribution >= 4 is 11.6 Å². The van der Waals surface area contributed by atoms with Crippen molar-refractivity contribution in [1.82, 2.24) is 15.1 Å². The number of amides is 1. The van der Waals surface area contributed by atoms with Gasteiger partial charge in [0.1, 0.15) is 5.75 Å². The molecular formula is C14H18N4O2. The molecule has 0 aliphatic heterocycles. The lowest BCUT2D eigenvalue weighted by molar-refractivity contribution is -0.121. The van der Waals surface area contributed by atoms with Gasteiger partial charge in [0.25, 0.3) is 0 Å². The standard InChI is InChI=1S/C14H18N4O2/c1-18-10-11(9-17-18)8-16-14(19)5-6-20-13-4-2-3-12(15)7-13/h2-4,7,9-10H,5-6,8,15H2,1H3,(H,16,19). The quantitative estimate of drug-likeness (QED) is 0.772. The Balaban J connectivity index is 1.67. The molecule has 0 spiro atoms. The number of hydrogen-bond donors (Lipinski definition) is 2. The van der Waals surface area contributed by atoms with Crippen molar-refractivity contribution in [2.24, 2.45) is 7.05 Å². The number of rotatable bonds is 6. The van der Waals surface area contributed by atoms with Gasteiger partial charge >= 0.3 is 0 Å². The Kier molecular flexibility index (Phi) is 4.60. The van der Waals surface area contributed by atoms with E-state index in [0.717, 1.165) is 5.56 Å². The lowest BCUT2D eigenvalue weighted by atomic mass is 10.3. The lowest BCUT2D eigenvalue weighted by Gasteiger charge is -2.07. The molecule has 1 aromatic heterocycles. The molecular weight excluding hydrogens is 256 g/mol. The number of carbonyl (C=O) groups is 1. The summed E-state index contributed by atoms with van der Waals surface area (Å²) in [6, 6.07) is 7.14. The topological polar surface area (TPSA) is 82.2 Å². The van der Waals surface area contributed by atoms with Gasteiger partial charge in [-0.15, -0.1) is 0 Å². The van der Waals surface area contributed by atoms with Gasteiger partial charge in [0.15, 0.2) is 0 Å². The van der Waals surface area contributed by atoms with Crippen LogP contribution in [0.4, 0.5) is 5.69 Å². The summed E-state index contributed by atoms with van der Waals surface area (Å²) in [5, 5.41) is 6.85. The number of anilines is 1. The van der Waals surface area contributed by atoms with Gasteiger partial charge in [-0.1, -0.05) is 6.07 Å². The second kappa shape index (κ2) is 6.60. The van der Waals surface area contributed by atoms with Crippen molar-refractivity contribution in [1.29, 1.82) is 0 Å². The van der Waals surface area contributed by atoms with Gasteiger partial charge in [-0.3, -0.25) is 9.48 Å². The molecule has 1 amide bonds. The molecule has 1 heterocycles. The first-order valence-electron chi connectivity index (χ1n) is 6.36. The molecule has 2 aromatic rings. The molecule has 0 fully saturated rings. The minimum atomic E-state index is -0.0576. The SMILES string of the molecule is Cn1cc(CNC(=O)CCOc2cccc(N)c2)cn1. The Labute approximate surface area is 117 Å². The Morgan fingerprint density at radius 2 is 2.35 bits per heavy atom. The summed E-state index contributed by atoms with van der Waals surface area (Å²) in [7, 11) is 1.84. The molecule has 6 heteroatoms. The Morgan fingerprint density at radius 3 is 3.05 bits per heavy atom. The number of nitrogens with one attached hydrogen (secondary N) is 1. The van der Waals surface area contributed by atoms with Crippen LogP contribution >= 0.6 is 0 Å². The Hall–Kier alpha value is -2.50. The Bertz CT molecular complexity index is 580. The van der Waals surface area contributed by atoms with E-state index in [2.05, 4.69) is 10.4 Å². The van der Waals surface area contributed by atoms with Crippen molar-refractivity contribution < 1.29 is 9.53 Å². The first-order chi connectivity index (χ1) is 9.63. The fourth-order valence-electron chi connectivity index (χ4n) is 1.72. The molecule has 0 saturated heterocycles. The van der Waals surface area contributed by atoms with Crippen LogP contribution in [0.5, 0.6) is 5.75 Å². The summed E-state index contributed by atoms with van der Waals surface area (Å²) < 4.78 is 7.16. The fraction of sp³-hybridized carbons (Fsp3) is 0.286. The van der Waals surface area contributed by atoms with E-state index in [1.165, 1.54) is 0 Å². The molecule has 106 valence electrons. The van der Waals surface area contributed by atoms with Crippen LogP contribution in [-0.2, 0) is 18.4 Å². The largest absolute Gasteiger partial charge is 0.493 e. The van der Waals surface area contributed by atoms with E-state index in [1.807, 2.05) is 25.4 Å². The summed E-state index contributed by atoms with van der Waals surface area (Å²) in [5.74, 6) is 0.614. The number of carbonyl (C=O) groups excluding carboxylic acids is 1. The first-order valence-corrected chi connectivity index (χ1v) is 6.36. The number of nitrogens with zero attached hydrogens (tertiary/aromatic N) is 2. The smallest absolute Gasteiger partial charge is 0.223 e. The maximum atomic E-state index is 11.6. The highest BCUT2D eigenvalue weighted by molar-refractivity contribution is 5.75. The van der Waals surface area contributed by atoms with E-state index >= 15 is 0 Å². The molecule has 1 aromatic carbocycles. The zero-order valence-electron chi connectivity index (χ0n) is 11.4. The zero-order valence-corrected chi connectivity index (χ0v) is 11.4. The van der Waals surface area contributed by atoms with Crippen molar-refractivity contribution in [3.05, 3.63) is 42.2 Å². The molecule has 0 bridgehead atoms. The molecule has 0 saturated carbocycles. The van der Waals surface area contributed by atoms with Gasteiger partial charge < -0.3 is 15.8 Å². The number of nitrogens with two attached hydrogens (primary N) is 1. The van der Waals surface area contributed by atoms with Crippen molar-refractivity contribution in [3.8, 4) is 5.75 Å². The van der Waals surface area contributed by atoms with Crippen LogP contribution in [0.15, 0.2) is 36.7 Å². The van der Waals surface area contributed by atoms with E-state index in [9.17, 15) is 4.79 Å². The number of hydrogen-bond acceptors (Lipinski definition) is 4. The van der Waals surface area contributed by atoms with Crippen LogP contribution in [0.25, 0.3) is 0 Å². The zero-order chi connectivity index (χ0) is 14.4. The van der Waals surface area contributed by atoms with Crippen LogP contribution < -0.4 is 15.8 Å². The van der Waals surface area contributed by atoms with Crippen LogP contribution in [-0.4, -0.2) is 22.3 Å². The molecule has 0 unspecified atom stereocenters. The van der Waals surface area contributed by atoms with E-state index in [1.54, 1.807) is 23.0 Å². The van der Waals surface area contributed by atoms with E-state index in [0.29, 0.717) is 31.0 Å². The van der Waals surface area contributed by atoms with Crippen molar-refractivity contribution in [2.75, 3.05) is 12.3 Å². The van der Waals surface area contributed by atoms with Crippen LogP contribution in [0.2, 0.25) is 0 Å². The number of ether oxygens (including phenoxy) is 1. The highest BCUT2D eigenvalue weighted by Crippen LogP contribution is 2.14. The lowest BCUT2D eigenvalue weighted by Crippen LogP contribution is -2.24. The molecule has 0 radical (unpaired) electrons. The maximum Gasteiger partial charge on any atom is 0.223 e. The van der Waals surface area contributed by atoms with Crippen molar-refractivity contribution in [2.45, 2.75) is 13.0 Å². The highest BCUT2D eigenvalue weighted by Gasteiger charge is 2.03.